The maximum atomic E-state index is 4.61. The van der Waals surface area contributed by atoms with Crippen LogP contribution < -0.4 is 0 Å². The summed E-state index contributed by atoms with van der Waals surface area (Å²) in [6, 6.07) is 8.68. The zero-order valence-electron chi connectivity index (χ0n) is 17.0. The standard InChI is InChI=1S/C24H32N2/c1-18(2)26-15-9-14-25-23(20(26)4)13-12-19(3)22-11-8-10-21(16-22)17-24(5,6)7/h8,10-14,16H,1,3,9,15,17H2,2,4-7H3/b13-12-. The molecule has 1 aliphatic rings. The second-order valence-electron chi connectivity index (χ2n) is 8.25. The van der Waals surface area contributed by atoms with Gasteiger partial charge < -0.3 is 4.90 Å². The fraction of sp³-hybridized carbons (Fsp3) is 0.375. The van der Waals surface area contributed by atoms with Gasteiger partial charge in [-0.25, -0.2) is 0 Å². The van der Waals surface area contributed by atoms with Crippen LogP contribution >= 0.6 is 0 Å². The number of allylic oxidation sites excluding steroid dienone is 5. The van der Waals surface area contributed by atoms with Gasteiger partial charge in [0.2, 0.25) is 0 Å². The Labute approximate surface area is 159 Å². The van der Waals surface area contributed by atoms with Crippen LogP contribution in [0.25, 0.3) is 5.57 Å². The van der Waals surface area contributed by atoms with Crippen LogP contribution in [0.15, 0.2) is 71.7 Å². The molecule has 0 unspecified atom stereocenters. The molecule has 0 aliphatic carbocycles. The Morgan fingerprint density at radius 1 is 1.27 bits per heavy atom. The summed E-state index contributed by atoms with van der Waals surface area (Å²) < 4.78 is 0. The third-order valence-corrected chi connectivity index (χ3v) is 4.42. The second-order valence-corrected chi connectivity index (χ2v) is 8.25. The van der Waals surface area contributed by atoms with Crippen molar-refractivity contribution < 1.29 is 0 Å². The van der Waals surface area contributed by atoms with Gasteiger partial charge in [-0.3, -0.25) is 4.99 Å². The molecular formula is C24H32N2. The molecule has 0 atom stereocenters. The van der Waals surface area contributed by atoms with Gasteiger partial charge in [0, 0.05) is 30.6 Å². The maximum Gasteiger partial charge on any atom is 0.0817 e. The van der Waals surface area contributed by atoms with Gasteiger partial charge in [-0.15, -0.1) is 0 Å². The minimum Gasteiger partial charge on any atom is -0.347 e. The van der Waals surface area contributed by atoms with Gasteiger partial charge in [-0.1, -0.05) is 64.3 Å². The fourth-order valence-corrected chi connectivity index (χ4v) is 3.16. The first kappa shape index (κ1) is 20.0. The molecule has 26 heavy (non-hydrogen) atoms. The molecule has 1 aromatic carbocycles. The highest BCUT2D eigenvalue weighted by molar-refractivity contribution is 5.73. The number of hydrogen-bond acceptors (Lipinski definition) is 2. The normalized spacial score (nSPS) is 15.5. The Balaban J connectivity index is 2.22. The summed E-state index contributed by atoms with van der Waals surface area (Å²) in [5, 5.41) is 0. The Morgan fingerprint density at radius 3 is 2.65 bits per heavy atom. The molecule has 0 radical (unpaired) electrons. The molecule has 2 nitrogen and oxygen atoms in total. The molecule has 138 valence electrons. The molecule has 0 aromatic heterocycles. The summed E-state index contributed by atoms with van der Waals surface area (Å²) in [4.78, 5) is 6.83. The van der Waals surface area contributed by atoms with Gasteiger partial charge in [0.15, 0.2) is 0 Å². The third-order valence-electron chi connectivity index (χ3n) is 4.42. The monoisotopic (exact) mass is 348 g/mol. The lowest BCUT2D eigenvalue weighted by molar-refractivity contribution is 0.411. The lowest BCUT2D eigenvalue weighted by Gasteiger charge is -2.24. The van der Waals surface area contributed by atoms with E-state index in [9.17, 15) is 0 Å². The number of hydrogen-bond donors (Lipinski definition) is 0. The SMILES string of the molecule is C=C(/C=C\C1=C(C)N(C(=C)C)CCC=N1)c1cccc(CC(C)(C)C)c1. The first-order valence-electron chi connectivity index (χ1n) is 9.30. The third kappa shape index (κ3) is 5.59. The van der Waals surface area contributed by atoms with Gasteiger partial charge in [-0.05, 0) is 48.5 Å². The molecule has 0 fully saturated rings. The average molecular weight is 349 g/mol. The van der Waals surface area contributed by atoms with E-state index in [1.54, 1.807) is 0 Å². The molecule has 0 amide bonds. The van der Waals surface area contributed by atoms with Crippen LogP contribution in [-0.2, 0) is 6.42 Å². The predicted molar refractivity (Wildman–Crippen MR) is 115 cm³/mol. The van der Waals surface area contributed by atoms with Crippen molar-refractivity contribution in [3.8, 4) is 0 Å². The Morgan fingerprint density at radius 2 is 2.00 bits per heavy atom. The maximum absolute atomic E-state index is 4.61. The first-order chi connectivity index (χ1) is 12.2. The quantitative estimate of drug-likeness (QED) is 0.563. The van der Waals surface area contributed by atoms with Crippen LogP contribution in [0.2, 0.25) is 0 Å². The summed E-state index contributed by atoms with van der Waals surface area (Å²) in [7, 11) is 0. The molecule has 1 heterocycles. The summed E-state index contributed by atoms with van der Waals surface area (Å²) in [6.07, 6.45) is 8.09. The first-order valence-corrected chi connectivity index (χ1v) is 9.30. The van der Waals surface area contributed by atoms with Crippen molar-refractivity contribution in [2.75, 3.05) is 6.54 Å². The van der Waals surface area contributed by atoms with Crippen LogP contribution in [0.1, 0.15) is 52.2 Å². The highest BCUT2D eigenvalue weighted by Gasteiger charge is 2.13. The van der Waals surface area contributed by atoms with Gasteiger partial charge in [-0.2, -0.15) is 0 Å². The molecule has 0 saturated carbocycles. The highest BCUT2D eigenvalue weighted by atomic mass is 15.2. The summed E-state index contributed by atoms with van der Waals surface area (Å²) >= 11 is 0. The van der Waals surface area contributed by atoms with E-state index in [4.69, 9.17) is 0 Å². The van der Waals surface area contributed by atoms with Crippen molar-refractivity contribution in [2.24, 2.45) is 10.4 Å². The molecule has 1 aromatic rings. The smallest absolute Gasteiger partial charge is 0.0817 e. The molecule has 1 aliphatic heterocycles. The van der Waals surface area contributed by atoms with E-state index in [-0.39, 0.29) is 5.41 Å². The Hall–Kier alpha value is -2.35. The van der Waals surface area contributed by atoms with Gasteiger partial charge in [0.1, 0.15) is 0 Å². The van der Waals surface area contributed by atoms with Crippen LogP contribution in [0.4, 0.5) is 0 Å². The van der Waals surface area contributed by atoms with Crippen LogP contribution in [0.3, 0.4) is 0 Å². The van der Waals surface area contributed by atoms with E-state index in [1.165, 1.54) is 5.56 Å². The van der Waals surface area contributed by atoms with E-state index in [1.807, 2.05) is 13.1 Å². The zero-order valence-corrected chi connectivity index (χ0v) is 17.0. The summed E-state index contributed by atoms with van der Waals surface area (Å²) in [6.45, 7) is 20.2. The lowest BCUT2D eigenvalue weighted by Crippen LogP contribution is -2.20. The van der Waals surface area contributed by atoms with E-state index in [0.717, 1.165) is 47.6 Å². The van der Waals surface area contributed by atoms with Crippen molar-refractivity contribution in [1.82, 2.24) is 4.90 Å². The summed E-state index contributed by atoms with van der Waals surface area (Å²) in [5.74, 6) is 0. The molecule has 0 spiro atoms. The van der Waals surface area contributed by atoms with Gasteiger partial charge in [0.05, 0.1) is 5.70 Å². The van der Waals surface area contributed by atoms with E-state index >= 15 is 0 Å². The number of aliphatic imine (C=N–C) groups is 1. The Bertz CT molecular complexity index is 770. The average Bonchev–Trinajstić information content (AvgIpc) is 2.73. The number of nitrogens with zero attached hydrogens (tertiary/aromatic N) is 2. The highest BCUT2D eigenvalue weighted by Crippen LogP contribution is 2.24. The van der Waals surface area contributed by atoms with E-state index in [2.05, 4.69) is 87.2 Å². The molecule has 2 heteroatoms. The molecule has 0 bridgehead atoms. The van der Waals surface area contributed by atoms with Crippen molar-refractivity contribution in [1.29, 1.82) is 0 Å². The Kier molecular flexibility index (Phi) is 6.42. The van der Waals surface area contributed by atoms with Gasteiger partial charge >= 0.3 is 0 Å². The minimum absolute atomic E-state index is 0.277. The largest absolute Gasteiger partial charge is 0.347 e. The van der Waals surface area contributed by atoms with Crippen LogP contribution in [0.5, 0.6) is 0 Å². The number of rotatable bonds is 5. The number of benzene rings is 1. The predicted octanol–water partition coefficient (Wildman–Crippen LogP) is 6.39. The van der Waals surface area contributed by atoms with Crippen molar-refractivity contribution >= 4 is 11.8 Å². The minimum atomic E-state index is 0.277. The van der Waals surface area contributed by atoms with E-state index < -0.39 is 0 Å². The second kappa shape index (κ2) is 8.35. The lowest BCUT2D eigenvalue weighted by atomic mass is 9.87. The molecule has 0 N–H and O–H groups in total. The molecular weight excluding hydrogens is 316 g/mol. The molecule has 2 rings (SSSR count). The molecule has 0 saturated heterocycles. The van der Waals surface area contributed by atoms with Crippen molar-refractivity contribution in [2.45, 2.75) is 47.5 Å². The topological polar surface area (TPSA) is 15.6 Å². The van der Waals surface area contributed by atoms with Gasteiger partial charge in [0.25, 0.3) is 0 Å². The summed E-state index contributed by atoms with van der Waals surface area (Å²) in [5.41, 5.74) is 6.94. The zero-order chi connectivity index (χ0) is 19.3. The van der Waals surface area contributed by atoms with E-state index in [0.29, 0.717) is 0 Å². The van der Waals surface area contributed by atoms with Crippen LogP contribution in [-0.4, -0.2) is 17.7 Å². The fourth-order valence-electron chi connectivity index (χ4n) is 3.16. The van der Waals surface area contributed by atoms with Crippen LogP contribution in [0, 0.1) is 5.41 Å². The van der Waals surface area contributed by atoms with Crippen molar-refractivity contribution in [3.05, 3.63) is 77.8 Å². The van der Waals surface area contributed by atoms with Crippen molar-refractivity contribution in [3.63, 3.8) is 0 Å².